The number of fused-ring (bicyclic) bond motifs is 2. The van der Waals surface area contributed by atoms with Gasteiger partial charge < -0.3 is 70.0 Å². The number of hydrogen-bond acceptors (Lipinski definition) is 13. The average Bonchev–Trinajstić information content (AvgIpc) is 3.11. The summed E-state index contributed by atoms with van der Waals surface area (Å²) in [5.74, 6) is -4.65. The van der Waals surface area contributed by atoms with Crippen LogP contribution in [0.3, 0.4) is 0 Å². The van der Waals surface area contributed by atoms with Gasteiger partial charge in [-0.2, -0.15) is 0 Å². The smallest absolute Gasteiger partial charge is 0.243 e. The van der Waals surface area contributed by atoms with E-state index in [0.29, 0.717) is 96.9 Å². The Bertz CT molecular complexity index is 2990. The Morgan fingerprint density at radius 1 is 0.448 bits per heavy atom. The first kappa shape index (κ1) is 69.9. The molecule has 0 aliphatic rings. The van der Waals surface area contributed by atoms with Crippen molar-refractivity contribution in [3.63, 3.8) is 0 Å². The third-order valence-electron chi connectivity index (χ3n) is 15.4. The van der Waals surface area contributed by atoms with Gasteiger partial charge in [0.2, 0.25) is 47.3 Å². The minimum absolute atomic E-state index is 0.0112. The summed E-state index contributed by atoms with van der Waals surface area (Å²) in [5, 5.41) is 18.4. The van der Waals surface area contributed by atoms with Crippen LogP contribution in [0.15, 0.2) is 109 Å². The van der Waals surface area contributed by atoms with Crippen molar-refractivity contribution in [2.45, 2.75) is 148 Å². The standard InChI is InChI=1S/C66H95N13O8/c1-3-4-39-77(44-59(80)73-56(28-10-14-36-68)64(85)75-58(30-12-16-38-70)66(87)76-57(29-11-15-37-69)65(86)74-55(63(71)84)27-9-13-35-67)61(82)45-79(43-52-24-18-22-50-20-6-8-26-54(50)52)62(83)46-78(42-48-33-31-47(2)32-34-48)60(81)41-72-40-51-23-17-21-49-19-5-7-25-53(49)51/h5-8,17-26,31-34,55-58,72H,3-4,9-16,27-30,35-46,67-70H2,1-2H3,(H2,71,84)(H,73,80)(H,74,86)(H,75,85)(H,76,87)/t55-,56-,57-,58-/m0/s1. The van der Waals surface area contributed by atoms with Crippen LogP contribution in [0.25, 0.3) is 21.5 Å². The normalized spacial score (nSPS) is 12.6. The fourth-order valence-corrected chi connectivity index (χ4v) is 10.3. The lowest BCUT2D eigenvalue weighted by Gasteiger charge is -2.31. The van der Waals surface area contributed by atoms with Crippen LogP contribution in [0.1, 0.15) is 119 Å². The van der Waals surface area contributed by atoms with E-state index >= 15 is 4.79 Å². The summed E-state index contributed by atoms with van der Waals surface area (Å²) in [6.07, 6.45) is 6.02. The molecule has 0 radical (unpaired) electrons. The van der Waals surface area contributed by atoms with Crippen molar-refractivity contribution >= 4 is 68.8 Å². The Balaban J connectivity index is 1.38. The maximum Gasteiger partial charge on any atom is 0.243 e. The number of aryl methyl sites for hydroxylation is 1. The van der Waals surface area contributed by atoms with Crippen LogP contribution in [-0.2, 0) is 58.0 Å². The number of carbonyl (C=O) groups excluding carboxylic acids is 8. The van der Waals surface area contributed by atoms with Gasteiger partial charge >= 0.3 is 0 Å². The highest BCUT2D eigenvalue weighted by Gasteiger charge is 2.32. The summed E-state index contributed by atoms with van der Waals surface area (Å²) in [6, 6.07) is 30.9. The van der Waals surface area contributed by atoms with Gasteiger partial charge in [-0.15, -0.1) is 0 Å². The molecule has 8 amide bonds. The lowest BCUT2D eigenvalue weighted by atomic mass is 10.0. The third kappa shape index (κ3) is 23.8. The molecule has 21 heteroatoms. The molecule has 5 rings (SSSR count). The zero-order valence-corrected chi connectivity index (χ0v) is 51.1. The predicted octanol–water partition coefficient (Wildman–Crippen LogP) is 4.02. The molecule has 0 unspecified atom stereocenters. The first-order valence-corrected chi connectivity index (χ1v) is 30.9. The number of unbranched alkanes of at least 4 members (excludes halogenated alkanes) is 5. The monoisotopic (exact) mass is 1200 g/mol. The van der Waals surface area contributed by atoms with E-state index < -0.39 is 78.6 Å². The number of benzene rings is 5. The number of nitrogens with zero attached hydrogens (tertiary/aromatic N) is 3. The first-order chi connectivity index (χ1) is 42.1. The summed E-state index contributed by atoms with van der Waals surface area (Å²) in [4.78, 5) is 118. The summed E-state index contributed by atoms with van der Waals surface area (Å²) < 4.78 is 0. The largest absolute Gasteiger partial charge is 0.368 e. The van der Waals surface area contributed by atoms with E-state index in [0.717, 1.165) is 43.8 Å². The highest BCUT2D eigenvalue weighted by molar-refractivity contribution is 5.96. The average molecular weight is 1200 g/mol. The van der Waals surface area contributed by atoms with Crippen LogP contribution in [0, 0.1) is 6.92 Å². The number of amides is 8. The van der Waals surface area contributed by atoms with Crippen LogP contribution in [0.5, 0.6) is 0 Å². The van der Waals surface area contributed by atoms with E-state index in [1.807, 2.05) is 123 Å². The van der Waals surface area contributed by atoms with E-state index in [1.54, 1.807) is 0 Å². The molecule has 21 nitrogen and oxygen atoms in total. The molecule has 472 valence electrons. The molecule has 5 aromatic rings. The molecule has 0 aliphatic heterocycles. The lowest BCUT2D eigenvalue weighted by Crippen LogP contribution is -2.58. The second-order valence-corrected chi connectivity index (χ2v) is 22.4. The molecule has 87 heavy (non-hydrogen) atoms. The molecular weight excluding hydrogens is 1100 g/mol. The number of nitrogens with two attached hydrogens (primary N) is 5. The molecule has 0 bridgehead atoms. The minimum Gasteiger partial charge on any atom is -0.368 e. The van der Waals surface area contributed by atoms with Gasteiger partial charge in [0.05, 0.1) is 13.1 Å². The molecule has 0 aliphatic carbocycles. The Hall–Kier alpha value is -7.82. The van der Waals surface area contributed by atoms with Crippen LogP contribution in [-0.4, -0.2) is 145 Å². The number of rotatable bonds is 41. The maximum absolute atomic E-state index is 15.0. The van der Waals surface area contributed by atoms with Gasteiger partial charge in [0, 0.05) is 26.2 Å². The Morgan fingerprint density at radius 3 is 1.39 bits per heavy atom. The summed E-state index contributed by atoms with van der Waals surface area (Å²) >= 11 is 0. The van der Waals surface area contributed by atoms with E-state index in [1.165, 1.54) is 14.7 Å². The van der Waals surface area contributed by atoms with Gasteiger partial charge in [-0.05, 0) is 155 Å². The van der Waals surface area contributed by atoms with E-state index in [9.17, 15) is 33.6 Å². The molecule has 15 N–H and O–H groups in total. The zero-order valence-electron chi connectivity index (χ0n) is 51.1. The van der Waals surface area contributed by atoms with Crippen molar-refractivity contribution in [2.75, 3.05) is 58.9 Å². The van der Waals surface area contributed by atoms with Gasteiger partial charge in [-0.3, -0.25) is 38.4 Å². The molecule has 5 aromatic carbocycles. The van der Waals surface area contributed by atoms with Gasteiger partial charge in [-0.25, -0.2) is 0 Å². The van der Waals surface area contributed by atoms with Crippen LogP contribution in [0.2, 0.25) is 0 Å². The van der Waals surface area contributed by atoms with Crippen molar-refractivity contribution in [3.05, 3.63) is 131 Å². The molecule has 0 saturated heterocycles. The molecule has 0 heterocycles. The van der Waals surface area contributed by atoms with Crippen molar-refractivity contribution < 1.29 is 38.4 Å². The molecule has 0 spiro atoms. The van der Waals surface area contributed by atoms with Gasteiger partial charge in [0.25, 0.3) is 0 Å². The van der Waals surface area contributed by atoms with Crippen molar-refractivity contribution in [1.29, 1.82) is 0 Å². The zero-order chi connectivity index (χ0) is 62.9. The Kier molecular flexibility index (Phi) is 30.8. The number of hydrogen-bond donors (Lipinski definition) is 10. The van der Waals surface area contributed by atoms with Crippen molar-refractivity contribution in [1.82, 2.24) is 41.3 Å². The van der Waals surface area contributed by atoms with Crippen LogP contribution >= 0.6 is 0 Å². The van der Waals surface area contributed by atoms with E-state index in [4.69, 9.17) is 28.7 Å². The second-order valence-electron chi connectivity index (χ2n) is 22.4. The summed E-state index contributed by atoms with van der Waals surface area (Å²) in [6.45, 7) is 4.68. The number of primary amides is 1. The highest BCUT2D eigenvalue weighted by atomic mass is 16.2. The molecule has 0 aromatic heterocycles. The van der Waals surface area contributed by atoms with Crippen LogP contribution < -0.4 is 55.3 Å². The predicted molar refractivity (Wildman–Crippen MR) is 342 cm³/mol. The molecule has 0 saturated carbocycles. The number of carbonyl (C=O) groups is 8. The summed E-state index contributed by atoms with van der Waals surface area (Å²) in [5.41, 5.74) is 32.4. The Morgan fingerprint density at radius 2 is 0.885 bits per heavy atom. The number of nitrogens with one attached hydrogen (secondary N) is 5. The topological polar surface area (TPSA) is 337 Å². The van der Waals surface area contributed by atoms with E-state index in [2.05, 4.69) is 26.6 Å². The maximum atomic E-state index is 15.0. The fraction of sp³-hybridized carbons (Fsp3) is 0.485. The molecule has 4 atom stereocenters. The van der Waals surface area contributed by atoms with Gasteiger partial charge in [0.15, 0.2) is 0 Å². The fourth-order valence-electron chi connectivity index (χ4n) is 10.3. The van der Waals surface area contributed by atoms with E-state index in [-0.39, 0.29) is 64.3 Å². The molecule has 0 fully saturated rings. The summed E-state index contributed by atoms with van der Waals surface area (Å²) in [7, 11) is 0. The quantitative estimate of drug-likeness (QED) is 0.0248. The molecular formula is C66H95N13O8. The van der Waals surface area contributed by atoms with Crippen molar-refractivity contribution in [3.8, 4) is 0 Å². The SMILES string of the molecule is CCCCN(CC(=O)N[C@@H](CCCCN)C(=O)N[C@@H](CCCCN)C(=O)N[C@@H](CCCCN)C(=O)N[C@@H](CCCCN)C(N)=O)C(=O)CN(Cc1cccc2ccccc12)C(=O)CN(Cc1ccc(C)cc1)C(=O)CNCc1cccc2ccccc12. The van der Waals surface area contributed by atoms with Gasteiger partial charge in [0.1, 0.15) is 37.3 Å². The highest BCUT2D eigenvalue weighted by Crippen LogP contribution is 2.22. The first-order valence-electron chi connectivity index (χ1n) is 30.9. The Labute approximate surface area is 513 Å². The second kappa shape index (κ2) is 38.4. The lowest BCUT2D eigenvalue weighted by molar-refractivity contribution is -0.145. The van der Waals surface area contributed by atoms with Gasteiger partial charge in [-0.1, -0.05) is 128 Å². The minimum atomic E-state index is -1.17. The van der Waals surface area contributed by atoms with Crippen molar-refractivity contribution in [2.24, 2.45) is 28.7 Å². The third-order valence-corrected chi connectivity index (χ3v) is 15.4. The van der Waals surface area contributed by atoms with Crippen LogP contribution in [0.4, 0.5) is 0 Å².